The number of anilines is 1. The molecular weight excluding hydrogens is 460 g/mol. The lowest BCUT2D eigenvalue weighted by atomic mass is 9.76. The van der Waals surface area contributed by atoms with E-state index in [4.69, 9.17) is 22.1 Å². The van der Waals surface area contributed by atoms with Crippen LogP contribution in [0.2, 0.25) is 5.02 Å². The number of imide groups is 1. The first kappa shape index (κ1) is 22.4. The highest BCUT2D eigenvalue weighted by Gasteiger charge is 2.70. The summed E-state index contributed by atoms with van der Waals surface area (Å²) in [6.07, 6.45) is -0.187. The van der Waals surface area contributed by atoms with Crippen LogP contribution in [0.15, 0.2) is 36.4 Å². The van der Waals surface area contributed by atoms with Crippen molar-refractivity contribution in [3.8, 4) is 5.75 Å². The number of amides is 4. The van der Waals surface area contributed by atoms with Crippen molar-refractivity contribution in [1.82, 2.24) is 10.2 Å². The lowest BCUT2D eigenvalue weighted by molar-refractivity contribution is -0.143. The average molecular weight is 483 g/mol. The minimum absolute atomic E-state index is 0.0438. The standard InChI is InChI=1S/C24H23ClN4O5/c1-11-15(25)8-7-14-20(11)27-23(33)24(14)19-18(16(28-24)9-17(26)30)21(31)29(22(19)32)10-12-3-5-13(34-2)6-4-12/h3-8,16,18-19,28H,9-10H2,1-2H3,(H2,26,30)(H,27,33)/t16-,18+,19+,24+/m0/s1. The molecule has 0 radical (unpaired) electrons. The van der Waals surface area contributed by atoms with Gasteiger partial charge in [-0.2, -0.15) is 0 Å². The van der Waals surface area contributed by atoms with Crippen molar-refractivity contribution in [1.29, 1.82) is 0 Å². The fourth-order valence-electron chi connectivity index (χ4n) is 5.51. The van der Waals surface area contributed by atoms with Gasteiger partial charge in [-0.1, -0.05) is 29.8 Å². The van der Waals surface area contributed by atoms with E-state index in [1.165, 1.54) is 4.90 Å². The first-order chi connectivity index (χ1) is 16.2. The lowest BCUT2D eigenvalue weighted by Crippen LogP contribution is -2.53. The van der Waals surface area contributed by atoms with Crippen molar-refractivity contribution in [3.63, 3.8) is 0 Å². The molecule has 0 unspecified atom stereocenters. The fraction of sp³-hybridized carbons (Fsp3) is 0.333. The number of methoxy groups -OCH3 is 1. The van der Waals surface area contributed by atoms with Crippen LogP contribution in [0.25, 0.3) is 0 Å². The number of carbonyl (C=O) groups is 4. The van der Waals surface area contributed by atoms with Crippen LogP contribution in [0.4, 0.5) is 5.69 Å². The Morgan fingerprint density at radius 2 is 1.85 bits per heavy atom. The molecule has 3 aliphatic rings. The number of benzene rings is 2. The average Bonchev–Trinajstić information content (AvgIpc) is 3.37. The zero-order chi connectivity index (χ0) is 24.4. The normalized spacial score (nSPS) is 27.2. The number of ether oxygens (including phenoxy) is 1. The molecule has 176 valence electrons. The van der Waals surface area contributed by atoms with Gasteiger partial charge in [-0.05, 0) is 36.2 Å². The predicted octanol–water partition coefficient (Wildman–Crippen LogP) is 1.45. The molecule has 1 spiro atoms. The third kappa shape index (κ3) is 3.04. The Hall–Kier alpha value is -3.43. The van der Waals surface area contributed by atoms with Crippen LogP contribution in [0.1, 0.15) is 23.1 Å². The Morgan fingerprint density at radius 3 is 2.50 bits per heavy atom. The molecule has 5 rings (SSSR count). The van der Waals surface area contributed by atoms with Crippen molar-refractivity contribution < 1.29 is 23.9 Å². The number of nitrogens with one attached hydrogen (secondary N) is 2. The zero-order valence-electron chi connectivity index (χ0n) is 18.6. The minimum Gasteiger partial charge on any atom is -0.497 e. The van der Waals surface area contributed by atoms with E-state index in [9.17, 15) is 19.2 Å². The van der Waals surface area contributed by atoms with Gasteiger partial charge in [-0.25, -0.2) is 0 Å². The van der Waals surface area contributed by atoms with Crippen LogP contribution in [0.3, 0.4) is 0 Å². The Labute approximate surface area is 200 Å². The second kappa shape index (κ2) is 7.82. The molecule has 0 saturated carbocycles. The predicted molar refractivity (Wildman–Crippen MR) is 123 cm³/mol. The van der Waals surface area contributed by atoms with Crippen LogP contribution in [-0.2, 0) is 31.3 Å². The van der Waals surface area contributed by atoms with E-state index in [0.29, 0.717) is 27.6 Å². The second-order valence-electron chi connectivity index (χ2n) is 8.89. The van der Waals surface area contributed by atoms with Gasteiger partial charge in [0.1, 0.15) is 11.3 Å². The number of hydrogen-bond donors (Lipinski definition) is 3. The Bertz CT molecular complexity index is 1250. The van der Waals surface area contributed by atoms with Gasteiger partial charge in [0.05, 0.1) is 31.2 Å². The topological polar surface area (TPSA) is 131 Å². The summed E-state index contributed by atoms with van der Waals surface area (Å²) in [6, 6.07) is 9.60. The summed E-state index contributed by atoms with van der Waals surface area (Å²) in [4.78, 5) is 53.7. The molecule has 4 N–H and O–H groups in total. The van der Waals surface area contributed by atoms with Crippen LogP contribution in [0.5, 0.6) is 5.75 Å². The van der Waals surface area contributed by atoms with Gasteiger partial charge in [0.25, 0.3) is 0 Å². The van der Waals surface area contributed by atoms with Crippen molar-refractivity contribution in [3.05, 3.63) is 58.1 Å². The van der Waals surface area contributed by atoms with E-state index in [2.05, 4.69) is 10.6 Å². The minimum atomic E-state index is -1.50. The molecular formula is C24H23ClN4O5. The zero-order valence-corrected chi connectivity index (χ0v) is 19.3. The SMILES string of the molecule is COc1ccc(CN2C(=O)[C@@H]3[C@H](CC(N)=O)N[C@@]4(C(=O)Nc5c4ccc(Cl)c5C)[C@H]3C2=O)cc1. The van der Waals surface area contributed by atoms with Crippen molar-refractivity contribution in [2.75, 3.05) is 12.4 Å². The molecule has 3 aliphatic heterocycles. The number of primary amides is 1. The largest absolute Gasteiger partial charge is 0.497 e. The number of rotatable bonds is 5. The van der Waals surface area contributed by atoms with Crippen molar-refractivity contribution in [2.45, 2.75) is 31.5 Å². The van der Waals surface area contributed by atoms with E-state index in [0.717, 1.165) is 5.56 Å². The highest BCUT2D eigenvalue weighted by atomic mass is 35.5. The summed E-state index contributed by atoms with van der Waals surface area (Å²) in [6.45, 7) is 1.81. The quantitative estimate of drug-likeness (QED) is 0.553. The highest BCUT2D eigenvalue weighted by Crippen LogP contribution is 2.54. The number of halogens is 1. The van der Waals surface area contributed by atoms with Crippen LogP contribution in [0, 0.1) is 18.8 Å². The molecule has 4 atom stereocenters. The van der Waals surface area contributed by atoms with Crippen LogP contribution < -0.4 is 21.1 Å². The van der Waals surface area contributed by atoms with Crippen LogP contribution in [-0.4, -0.2) is 41.7 Å². The van der Waals surface area contributed by atoms with Crippen molar-refractivity contribution in [2.24, 2.45) is 17.6 Å². The van der Waals surface area contributed by atoms with E-state index in [1.54, 1.807) is 50.4 Å². The third-order valence-corrected chi connectivity index (χ3v) is 7.51. The Kier molecular flexibility index (Phi) is 5.14. The first-order valence-corrected chi connectivity index (χ1v) is 11.2. The maximum absolute atomic E-state index is 13.7. The molecule has 0 aliphatic carbocycles. The van der Waals surface area contributed by atoms with Crippen LogP contribution >= 0.6 is 11.6 Å². The Morgan fingerprint density at radius 1 is 1.15 bits per heavy atom. The molecule has 10 heteroatoms. The smallest absolute Gasteiger partial charge is 0.250 e. The summed E-state index contributed by atoms with van der Waals surface area (Å²) in [5, 5.41) is 6.48. The lowest BCUT2D eigenvalue weighted by Gasteiger charge is -2.29. The van der Waals surface area contributed by atoms with Gasteiger partial charge in [0.15, 0.2) is 0 Å². The van der Waals surface area contributed by atoms with E-state index in [-0.39, 0.29) is 13.0 Å². The van der Waals surface area contributed by atoms with E-state index >= 15 is 0 Å². The molecule has 9 nitrogen and oxygen atoms in total. The highest BCUT2D eigenvalue weighted by molar-refractivity contribution is 6.32. The summed E-state index contributed by atoms with van der Waals surface area (Å²) in [5.41, 5.74) is 6.40. The summed E-state index contributed by atoms with van der Waals surface area (Å²) in [5.74, 6) is -3.28. The number of likely N-dealkylation sites (tertiary alicyclic amines) is 1. The number of nitrogens with zero attached hydrogens (tertiary/aromatic N) is 1. The first-order valence-electron chi connectivity index (χ1n) is 10.8. The molecule has 34 heavy (non-hydrogen) atoms. The fourth-order valence-corrected chi connectivity index (χ4v) is 5.67. The molecule has 0 bridgehead atoms. The van der Waals surface area contributed by atoms with E-state index in [1.807, 2.05) is 0 Å². The maximum Gasteiger partial charge on any atom is 0.250 e. The molecule has 2 fully saturated rings. The van der Waals surface area contributed by atoms with Gasteiger partial charge in [-0.3, -0.25) is 29.4 Å². The summed E-state index contributed by atoms with van der Waals surface area (Å²) < 4.78 is 5.17. The van der Waals surface area contributed by atoms with Gasteiger partial charge in [0.2, 0.25) is 23.6 Å². The van der Waals surface area contributed by atoms with Gasteiger partial charge in [0, 0.05) is 23.0 Å². The molecule has 4 amide bonds. The molecule has 2 aromatic rings. The second-order valence-corrected chi connectivity index (χ2v) is 9.30. The molecule has 2 saturated heterocycles. The van der Waals surface area contributed by atoms with Gasteiger partial charge < -0.3 is 15.8 Å². The molecule has 3 heterocycles. The monoisotopic (exact) mass is 482 g/mol. The Balaban J connectivity index is 1.59. The molecule has 2 aromatic carbocycles. The number of carbonyl (C=O) groups excluding carboxylic acids is 4. The molecule has 0 aromatic heterocycles. The summed E-state index contributed by atoms with van der Waals surface area (Å²) >= 11 is 6.26. The van der Waals surface area contributed by atoms with Gasteiger partial charge >= 0.3 is 0 Å². The maximum atomic E-state index is 13.7. The number of hydrogen-bond acceptors (Lipinski definition) is 6. The van der Waals surface area contributed by atoms with Crippen molar-refractivity contribution >= 4 is 40.9 Å². The third-order valence-electron chi connectivity index (χ3n) is 7.10. The number of nitrogens with two attached hydrogens (primary N) is 1. The summed E-state index contributed by atoms with van der Waals surface area (Å²) in [7, 11) is 1.55. The van der Waals surface area contributed by atoms with E-state index < -0.39 is 47.0 Å². The van der Waals surface area contributed by atoms with Gasteiger partial charge in [-0.15, -0.1) is 0 Å². The number of fused-ring (bicyclic) bond motifs is 4.